The van der Waals surface area contributed by atoms with Crippen LogP contribution in [0.1, 0.15) is 122 Å². The zero-order chi connectivity index (χ0) is 19.6. The zero-order valence-corrected chi connectivity index (χ0v) is 18.5. The van der Waals surface area contributed by atoms with Crippen molar-refractivity contribution in [2.45, 2.75) is 129 Å². The lowest BCUT2D eigenvalue weighted by Gasteiger charge is -2.28. The summed E-state index contributed by atoms with van der Waals surface area (Å²) in [6, 6.07) is 0. The topological polar surface area (TPSA) is 29.5 Å². The van der Waals surface area contributed by atoms with E-state index in [0.29, 0.717) is 6.42 Å². The fourth-order valence-corrected chi connectivity index (χ4v) is 3.99. The van der Waals surface area contributed by atoms with E-state index in [1.807, 2.05) is 0 Å². The van der Waals surface area contributed by atoms with Crippen molar-refractivity contribution in [3.63, 3.8) is 0 Å². The van der Waals surface area contributed by atoms with Gasteiger partial charge in [0.1, 0.15) is 6.10 Å². The Morgan fingerprint density at radius 2 is 1.15 bits per heavy atom. The number of piperidine rings is 1. The van der Waals surface area contributed by atoms with Crippen molar-refractivity contribution in [2.24, 2.45) is 0 Å². The summed E-state index contributed by atoms with van der Waals surface area (Å²) in [4.78, 5) is 14.2. The maximum Gasteiger partial charge on any atom is 0.306 e. The minimum absolute atomic E-state index is 0.0271. The van der Waals surface area contributed by atoms with Crippen LogP contribution in [-0.2, 0) is 9.53 Å². The Bertz CT molecular complexity index is 337. The number of ether oxygens (including phenoxy) is 1. The van der Waals surface area contributed by atoms with Gasteiger partial charge < -0.3 is 9.64 Å². The van der Waals surface area contributed by atoms with Crippen LogP contribution in [0, 0.1) is 0 Å². The third-order valence-electron chi connectivity index (χ3n) is 5.95. The molecule has 0 saturated carbocycles. The van der Waals surface area contributed by atoms with Crippen LogP contribution in [0.4, 0.5) is 0 Å². The Balaban J connectivity index is 1.75. The average molecular weight is 382 g/mol. The highest BCUT2D eigenvalue weighted by molar-refractivity contribution is 5.69. The van der Waals surface area contributed by atoms with Crippen LogP contribution >= 0.6 is 0 Å². The van der Waals surface area contributed by atoms with E-state index in [4.69, 9.17) is 4.74 Å². The van der Waals surface area contributed by atoms with E-state index in [1.54, 1.807) is 0 Å². The summed E-state index contributed by atoms with van der Waals surface area (Å²) >= 11 is 0. The SMILES string of the molecule is CCCCCCCCCCCCCCCCCC(=O)OC1CCN(C)CC1. The maximum atomic E-state index is 11.9. The van der Waals surface area contributed by atoms with Gasteiger partial charge in [-0.3, -0.25) is 4.79 Å². The minimum Gasteiger partial charge on any atom is -0.462 e. The molecule has 3 nitrogen and oxygen atoms in total. The number of esters is 1. The van der Waals surface area contributed by atoms with Crippen molar-refractivity contribution in [2.75, 3.05) is 20.1 Å². The number of nitrogens with zero attached hydrogens (tertiary/aromatic N) is 1. The first-order valence-corrected chi connectivity index (χ1v) is 12.1. The summed E-state index contributed by atoms with van der Waals surface area (Å²) in [5.41, 5.74) is 0. The van der Waals surface area contributed by atoms with E-state index < -0.39 is 0 Å². The van der Waals surface area contributed by atoms with Gasteiger partial charge in [0.05, 0.1) is 0 Å². The molecular weight excluding hydrogens is 334 g/mol. The highest BCUT2D eigenvalue weighted by atomic mass is 16.5. The number of carbonyl (C=O) groups is 1. The quantitative estimate of drug-likeness (QED) is 0.203. The van der Waals surface area contributed by atoms with Gasteiger partial charge in [-0.25, -0.2) is 0 Å². The lowest BCUT2D eigenvalue weighted by Crippen LogP contribution is -2.35. The second-order valence-electron chi connectivity index (χ2n) is 8.69. The first kappa shape index (κ1) is 24.5. The number of hydrogen-bond acceptors (Lipinski definition) is 3. The van der Waals surface area contributed by atoms with Gasteiger partial charge in [0.15, 0.2) is 0 Å². The van der Waals surface area contributed by atoms with Crippen LogP contribution in [0.25, 0.3) is 0 Å². The second kappa shape index (κ2) is 17.5. The summed E-state index contributed by atoms with van der Waals surface area (Å²) < 4.78 is 5.59. The predicted octanol–water partition coefficient (Wildman–Crippen LogP) is 6.89. The number of rotatable bonds is 17. The van der Waals surface area contributed by atoms with Crippen molar-refractivity contribution in [3.05, 3.63) is 0 Å². The molecule has 0 aromatic heterocycles. The molecule has 0 spiro atoms. The van der Waals surface area contributed by atoms with Gasteiger partial charge >= 0.3 is 5.97 Å². The fourth-order valence-electron chi connectivity index (χ4n) is 3.99. The van der Waals surface area contributed by atoms with E-state index in [-0.39, 0.29) is 12.1 Å². The fraction of sp³-hybridized carbons (Fsp3) is 0.958. The molecule has 27 heavy (non-hydrogen) atoms. The smallest absolute Gasteiger partial charge is 0.306 e. The molecule has 1 aliphatic heterocycles. The molecule has 160 valence electrons. The third-order valence-corrected chi connectivity index (χ3v) is 5.95. The number of unbranched alkanes of at least 4 members (excludes halogenated alkanes) is 14. The molecule has 0 atom stereocenters. The van der Waals surface area contributed by atoms with Gasteiger partial charge in [-0.2, -0.15) is 0 Å². The third kappa shape index (κ3) is 15.1. The molecule has 0 radical (unpaired) electrons. The lowest BCUT2D eigenvalue weighted by atomic mass is 10.0. The molecule has 0 unspecified atom stereocenters. The maximum absolute atomic E-state index is 11.9. The largest absolute Gasteiger partial charge is 0.462 e. The van der Waals surface area contributed by atoms with Crippen LogP contribution in [0.3, 0.4) is 0 Å². The number of carbonyl (C=O) groups excluding carboxylic acids is 1. The minimum atomic E-state index is 0.0271. The Morgan fingerprint density at radius 1 is 0.741 bits per heavy atom. The summed E-state index contributed by atoms with van der Waals surface area (Å²) in [7, 11) is 2.13. The number of hydrogen-bond donors (Lipinski definition) is 0. The molecule has 1 aliphatic rings. The first-order chi connectivity index (χ1) is 13.2. The molecule has 1 saturated heterocycles. The van der Waals surface area contributed by atoms with Crippen LogP contribution in [-0.4, -0.2) is 37.1 Å². The van der Waals surface area contributed by atoms with E-state index in [0.717, 1.165) is 32.4 Å². The summed E-state index contributed by atoms with van der Waals surface area (Å²) in [5.74, 6) is 0.0271. The highest BCUT2D eigenvalue weighted by Crippen LogP contribution is 2.15. The molecular formula is C24H47NO2. The molecule has 0 N–H and O–H groups in total. The van der Waals surface area contributed by atoms with Gasteiger partial charge in [0.2, 0.25) is 0 Å². The Kier molecular flexibility index (Phi) is 15.9. The lowest BCUT2D eigenvalue weighted by molar-refractivity contribution is -0.151. The van der Waals surface area contributed by atoms with E-state index in [9.17, 15) is 4.79 Å². The van der Waals surface area contributed by atoms with Crippen molar-refractivity contribution < 1.29 is 9.53 Å². The first-order valence-electron chi connectivity index (χ1n) is 12.1. The van der Waals surface area contributed by atoms with Crippen molar-refractivity contribution in [1.29, 1.82) is 0 Å². The highest BCUT2D eigenvalue weighted by Gasteiger charge is 2.19. The molecule has 1 heterocycles. The average Bonchev–Trinajstić information content (AvgIpc) is 2.66. The van der Waals surface area contributed by atoms with E-state index in [1.165, 1.54) is 89.9 Å². The van der Waals surface area contributed by atoms with Crippen molar-refractivity contribution in [1.82, 2.24) is 4.90 Å². The predicted molar refractivity (Wildman–Crippen MR) is 116 cm³/mol. The monoisotopic (exact) mass is 381 g/mol. The second-order valence-corrected chi connectivity index (χ2v) is 8.69. The van der Waals surface area contributed by atoms with Crippen LogP contribution in [0.2, 0.25) is 0 Å². The van der Waals surface area contributed by atoms with Gasteiger partial charge in [-0.15, -0.1) is 0 Å². The summed E-state index contributed by atoms with van der Waals surface area (Å²) in [6.07, 6.45) is 23.2. The normalized spacial score (nSPS) is 15.9. The standard InChI is InChI=1S/C24H47NO2/c1-3-4-5-6-7-8-9-10-11-12-13-14-15-16-17-18-24(26)27-23-19-21-25(2)22-20-23/h23H,3-22H2,1-2H3. The number of likely N-dealkylation sites (tertiary alicyclic amines) is 1. The summed E-state index contributed by atoms with van der Waals surface area (Å²) in [5, 5.41) is 0. The Morgan fingerprint density at radius 3 is 1.59 bits per heavy atom. The van der Waals surface area contributed by atoms with Gasteiger partial charge in [0.25, 0.3) is 0 Å². The van der Waals surface area contributed by atoms with E-state index >= 15 is 0 Å². The van der Waals surface area contributed by atoms with Crippen LogP contribution < -0.4 is 0 Å². The van der Waals surface area contributed by atoms with Crippen molar-refractivity contribution >= 4 is 5.97 Å². The molecule has 0 aliphatic carbocycles. The Labute approximate surface area is 169 Å². The molecule has 0 aromatic rings. The van der Waals surface area contributed by atoms with Gasteiger partial charge in [-0.1, -0.05) is 96.8 Å². The molecule has 0 amide bonds. The summed E-state index contributed by atoms with van der Waals surface area (Å²) in [6.45, 7) is 4.39. The Hall–Kier alpha value is -0.570. The zero-order valence-electron chi connectivity index (χ0n) is 18.5. The molecule has 1 fully saturated rings. The van der Waals surface area contributed by atoms with E-state index in [2.05, 4.69) is 18.9 Å². The van der Waals surface area contributed by atoms with Crippen LogP contribution in [0.5, 0.6) is 0 Å². The molecule has 0 bridgehead atoms. The van der Waals surface area contributed by atoms with Crippen LogP contribution in [0.15, 0.2) is 0 Å². The van der Waals surface area contributed by atoms with Gasteiger partial charge in [0, 0.05) is 19.5 Å². The molecule has 1 rings (SSSR count). The molecule has 3 heteroatoms. The molecule has 0 aromatic carbocycles. The van der Waals surface area contributed by atoms with Gasteiger partial charge in [-0.05, 0) is 26.3 Å². The van der Waals surface area contributed by atoms with Crippen molar-refractivity contribution in [3.8, 4) is 0 Å².